The molecule has 0 radical (unpaired) electrons. The van der Waals surface area contributed by atoms with Crippen LogP contribution < -0.4 is 5.32 Å². The quantitative estimate of drug-likeness (QED) is 0.589. The zero-order valence-electron chi connectivity index (χ0n) is 11.7. The van der Waals surface area contributed by atoms with E-state index in [0.29, 0.717) is 0 Å². The summed E-state index contributed by atoms with van der Waals surface area (Å²) >= 11 is 3.67. The molecule has 1 N–H and O–H groups in total. The molecule has 3 nitrogen and oxygen atoms in total. The van der Waals surface area contributed by atoms with E-state index in [2.05, 4.69) is 64.0 Å². The summed E-state index contributed by atoms with van der Waals surface area (Å²) in [4.78, 5) is 0. The largest absolute Gasteiger partial charge is 0.317 e. The molecule has 0 aromatic carbocycles. The van der Waals surface area contributed by atoms with Crippen molar-refractivity contribution in [2.24, 2.45) is 0 Å². The molecule has 0 aliphatic carbocycles. The van der Waals surface area contributed by atoms with E-state index >= 15 is 0 Å². The molecule has 0 fully saturated rings. The molecule has 0 amide bonds. The third-order valence-electron chi connectivity index (χ3n) is 2.91. The lowest BCUT2D eigenvalue weighted by atomic mass is 10.2. The number of hydrogen-bond donors (Lipinski definition) is 1. The van der Waals surface area contributed by atoms with Crippen LogP contribution in [0.3, 0.4) is 0 Å². The van der Waals surface area contributed by atoms with Crippen molar-refractivity contribution in [2.75, 3.05) is 13.1 Å². The molecule has 1 heterocycles. The molecule has 1 aromatic heterocycles. The monoisotopic (exact) mass is 313 g/mol. The van der Waals surface area contributed by atoms with Crippen molar-refractivity contribution in [1.29, 1.82) is 0 Å². The van der Waals surface area contributed by atoms with Crippen LogP contribution >= 0.6 is 15.9 Å². The third-order valence-corrected chi connectivity index (χ3v) is 3.83. The van der Waals surface area contributed by atoms with Gasteiger partial charge in [-0.2, -0.15) is 5.10 Å². The summed E-state index contributed by atoms with van der Waals surface area (Å²) in [5, 5.41) is 7.91. The first-order chi connectivity index (χ1) is 8.74. The molecule has 0 aliphatic heterocycles. The van der Waals surface area contributed by atoms with Crippen molar-refractivity contribution >= 4 is 15.9 Å². The molecule has 0 saturated heterocycles. The van der Waals surface area contributed by atoms with Crippen molar-refractivity contribution in [3.63, 3.8) is 0 Å². The Bertz CT molecular complexity index is 383. The van der Waals surface area contributed by atoms with Gasteiger partial charge in [-0.3, -0.25) is 4.68 Å². The Hall–Kier alpha value is -0.610. The van der Waals surface area contributed by atoms with Gasteiger partial charge in [0.05, 0.1) is 15.9 Å². The summed E-state index contributed by atoms with van der Waals surface area (Å²) < 4.78 is 3.28. The van der Waals surface area contributed by atoms with Crippen molar-refractivity contribution in [3.05, 3.63) is 28.0 Å². The molecule has 0 atom stereocenters. The molecule has 0 spiro atoms. The molecule has 4 heteroatoms. The number of aryl methyl sites for hydroxylation is 2. The highest BCUT2D eigenvalue weighted by Crippen LogP contribution is 2.22. The lowest BCUT2D eigenvalue weighted by Crippen LogP contribution is -2.12. The van der Waals surface area contributed by atoms with Gasteiger partial charge in [0.2, 0.25) is 0 Å². The number of nitrogens with zero attached hydrogens (tertiary/aromatic N) is 2. The third kappa shape index (κ3) is 4.25. The molecule has 1 rings (SSSR count). The molecule has 18 heavy (non-hydrogen) atoms. The standard InChI is InChI=1S/C14H24BrN3/c1-4-12-14(15)13(18(6-3)17-12)10-8-7-9-11-16-5-2/h7-8,16H,4-6,9-11H2,1-3H3. The van der Waals surface area contributed by atoms with Crippen molar-refractivity contribution in [1.82, 2.24) is 15.1 Å². The summed E-state index contributed by atoms with van der Waals surface area (Å²) in [5.74, 6) is 0. The van der Waals surface area contributed by atoms with Crippen LogP contribution in [0.25, 0.3) is 0 Å². The molecule has 0 saturated carbocycles. The van der Waals surface area contributed by atoms with Gasteiger partial charge in [0.15, 0.2) is 0 Å². The number of halogens is 1. The van der Waals surface area contributed by atoms with E-state index in [-0.39, 0.29) is 0 Å². The van der Waals surface area contributed by atoms with Gasteiger partial charge in [0.25, 0.3) is 0 Å². The van der Waals surface area contributed by atoms with Crippen LogP contribution in [-0.4, -0.2) is 22.9 Å². The van der Waals surface area contributed by atoms with E-state index in [1.807, 2.05) is 0 Å². The van der Waals surface area contributed by atoms with Gasteiger partial charge >= 0.3 is 0 Å². The summed E-state index contributed by atoms with van der Waals surface area (Å²) in [7, 11) is 0. The highest BCUT2D eigenvalue weighted by Gasteiger charge is 2.11. The summed E-state index contributed by atoms with van der Waals surface area (Å²) in [6.07, 6.45) is 7.50. The zero-order chi connectivity index (χ0) is 13.4. The second kappa shape index (κ2) is 8.48. The number of nitrogens with one attached hydrogen (secondary N) is 1. The first kappa shape index (κ1) is 15.4. The maximum absolute atomic E-state index is 4.60. The second-order valence-electron chi connectivity index (χ2n) is 4.19. The van der Waals surface area contributed by atoms with Gasteiger partial charge < -0.3 is 5.32 Å². The highest BCUT2D eigenvalue weighted by molar-refractivity contribution is 9.10. The van der Waals surface area contributed by atoms with Crippen LogP contribution in [0.2, 0.25) is 0 Å². The number of allylic oxidation sites excluding steroid dienone is 1. The predicted octanol–water partition coefficient (Wildman–Crippen LogP) is 3.33. The van der Waals surface area contributed by atoms with E-state index < -0.39 is 0 Å². The van der Waals surface area contributed by atoms with E-state index in [9.17, 15) is 0 Å². The smallest absolute Gasteiger partial charge is 0.0766 e. The fraction of sp³-hybridized carbons (Fsp3) is 0.643. The Morgan fingerprint density at radius 3 is 2.67 bits per heavy atom. The minimum atomic E-state index is 0.930. The number of rotatable bonds is 8. The van der Waals surface area contributed by atoms with Crippen molar-refractivity contribution < 1.29 is 0 Å². The Morgan fingerprint density at radius 2 is 2.06 bits per heavy atom. The lowest BCUT2D eigenvalue weighted by Gasteiger charge is -2.02. The fourth-order valence-corrected chi connectivity index (χ4v) is 2.61. The maximum atomic E-state index is 4.60. The van der Waals surface area contributed by atoms with Crippen LogP contribution in [-0.2, 0) is 19.4 Å². The van der Waals surface area contributed by atoms with Gasteiger partial charge in [-0.15, -0.1) is 0 Å². The van der Waals surface area contributed by atoms with E-state index in [1.165, 1.54) is 10.2 Å². The molecular weight excluding hydrogens is 290 g/mol. The van der Waals surface area contributed by atoms with E-state index in [4.69, 9.17) is 0 Å². The Labute approximate surface area is 119 Å². The summed E-state index contributed by atoms with van der Waals surface area (Å²) in [5.41, 5.74) is 2.45. The maximum Gasteiger partial charge on any atom is 0.0766 e. The molecule has 1 aromatic rings. The topological polar surface area (TPSA) is 29.9 Å². The van der Waals surface area contributed by atoms with Crippen LogP contribution in [0.1, 0.15) is 38.6 Å². The van der Waals surface area contributed by atoms with Crippen LogP contribution in [0.15, 0.2) is 16.6 Å². The first-order valence-corrected chi connectivity index (χ1v) is 7.63. The van der Waals surface area contributed by atoms with Gasteiger partial charge in [-0.1, -0.05) is 26.0 Å². The highest BCUT2D eigenvalue weighted by atomic mass is 79.9. The zero-order valence-corrected chi connectivity index (χ0v) is 13.3. The summed E-state index contributed by atoms with van der Waals surface area (Å²) in [6, 6.07) is 0. The van der Waals surface area contributed by atoms with Crippen LogP contribution in [0.5, 0.6) is 0 Å². The average molecular weight is 314 g/mol. The van der Waals surface area contributed by atoms with E-state index in [0.717, 1.165) is 44.6 Å². The van der Waals surface area contributed by atoms with Crippen LogP contribution in [0.4, 0.5) is 0 Å². The fourth-order valence-electron chi connectivity index (χ4n) is 1.89. The minimum absolute atomic E-state index is 0.930. The van der Waals surface area contributed by atoms with E-state index in [1.54, 1.807) is 0 Å². The second-order valence-corrected chi connectivity index (χ2v) is 4.99. The Kier molecular flexibility index (Phi) is 7.28. The number of aromatic nitrogens is 2. The minimum Gasteiger partial charge on any atom is -0.317 e. The van der Waals surface area contributed by atoms with Crippen molar-refractivity contribution in [3.8, 4) is 0 Å². The molecular formula is C14H24BrN3. The van der Waals surface area contributed by atoms with Gasteiger partial charge in [-0.05, 0) is 48.8 Å². The molecule has 0 bridgehead atoms. The van der Waals surface area contributed by atoms with Gasteiger partial charge in [0.1, 0.15) is 0 Å². The average Bonchev–Trinajstić information content (AvgIpc) is 2.70. The van der Waals surface area contributed by atoms with Gasteiger partial charge in [-0.25, -0.2) is 0 Å². The number of hydrogen-bond acceptors (Lipinski definition) is 2. The first-order valence-electron chi connectivity index (χ1n) is 6.84. The molecule has 102 valence electrons. The van der Waals surface area contributed by atoms with Crippen LogP contribution in [0, 0.1) is 0 Å². The predicted molar refractivity (Wildman–Crippen MR) is 81.0 cm³/mol. The van der Waals surface area contributed by atoms with Crippen molar-refractivity contribution in [2.45, 2.75) is 46.6 Å². The lowest BCUT2D eigenvalue weighted by molar-refractivity contribution is 0.622. The Morgan fingerprint density at radius 1 is 1.28 bits per heavy atom. The Balaban J connectivity index is 2.58. The normalized spacial score (nSPS) is 11.6. The molecule has 0 aliphatic rings. The summed E-state index contributed by atoms with van der Waals surface area (Å²) in [6.45, 7) is 9.44. The SMILES string of the molecule is CCNCCC=CCc1c(Br)c(CC)nn1CC. The van der Waals surface area contributed by atoms with Gasteiger partial charge in [0, 0.05) is 13.0 Å². The molecule has 0 unspecified atom stereocenters.